The summed E-state index contributed by atoms with van der Waals surface area (Å²) in [6.45, 7) is 6.92. The van der Waals surface area contributed by atoms with Gasteiger partial charge >= 0.3 is 195 Å². The number of rotatable bonds is 2. The summed E-state index contributed by atoms with van der Waals surface area (Å²) in [7, 11) is 0. The zero-order valence-electron chi connectivity index (χ0n) is 16.4. The number of aromatic nitrogens is 4. The number of ether oxygens (including phenoxy) is 1. The minimum atomic E-state index is -0.0149. The number of hydrogen-bond donors (Lipinski definition) is 2. The van der Waals surface area contributed by atoms with Gasteiger partial charge in [0.2, 0.25) is 0 Å². The Balaban J connectivity index is 1.43. The van der Waals surface area contributed by atoms with Crippen LogP contribution in [0.2, 0.25) is 0 Å². The molecule has 0 fully saturated rings. The average molecular weight is 500 g/mol. The zero-order chi connectivity index (χ0) is 19.7. The molecule has 6 heteroatoms. The summed E-state index contributed by atoms with van der Waals surface area (Å²) in [6.07, 6.45) is 1.87. The molecule has 0 amide bonds. The number of aryl methyl sites for hydroxylation is 1. The molecular weight excluding hydrogens is 480 g/mol. The summed E-state index contributed by atoms with van der Waals surface area (Å²) in [5, 5.41) is 0. The second-order valence-corrected chi connectivity index (χ2v) is 10.5. The average Bonchev–Trinajstić information content (AvgIpc) is 3.40. The zero-order valence-corrected chi connectivity index (χ0v) is 18.4. The van der Waals surface area contributed by atoms with Crippen molar-refractivity contribution in [2.75, 3.05) is 0 Å². The quantitative estimate of drug-likeness (QED) is 0.388. The van der Waals surface area contributed by atoms with E-state index < -0.39 is 0 Å². The molecule has 0 saturated carbocycles. The molecule has 2 aliphatic rings. The Labute approximate surface area is 193 Å². The predicted molar refractivity (Wildman–Crippen MR) is 109 cm³/mol. The maximum atomic E-state index is 6.15. The first kappa shape index (κ1) is 18.0. The third-order valence-electron chi connectivity index (χ3n) is 5.51. The van der Waals surface area contributed by atoms with Crippen LogP contribution in [0, 0.1) is 51.1 Å². The molecule has 4 aromatic rings. The summed E-state index contributed by atoms with van der Waals surface area (Å²) in [4.78, 5) is 16.1. The first-order valence-electron chi connectivity index (χ1n) is 9.75. The first-order valence-corrected chi connectivity index (χ1v) is 11.8. The van der Waals surface area contributed by atoms with E-state index in [4.69, 9.17) is 9.72 Å². The molecule has 29 heavy (non-hydrogen) atoms. The number of imidazole rings is 2. The van der Waals surface area contributed by atoms with Crippen LogP contribution in [0.5, 0.6) is 5.75 Å². The first-order chi connectivity index (χ1) is 14.1. The maximum absolute atomic E-state index is 6.15. The van der Waals surface area contributed by atoms with E-state index in [0.29, 0.717) is 12.5 Å². The van der Waals surface area contributed by atoms with E-state index in [1.165, 1.54) is 22.4 Å². The Morgan fingerprint density at radius 1 is 1.07 bits per heavy atom. The molecule has 0 bridgehead atoms. The van der Waals surface area contributed by atoms with Gasteiger partial charge in [-0.2, -0.15) is 0 Å². The van der Waals surface area contributed by atoms with Crippen molar-refractivity contribution >= 4 is 0.193 Å². The van der Waals surface area contributed by atoms with Gasteiger partial charge in [0.05, 0.1) is 0 Å². The van der Waals surface area contributed by atoms with Crippen molar-refractivity contribution in [1.82, 2.24) is 19.9 Å². The summed E-state index contributed by atoms with van der Waals surface area (Å²) < 4.78 is 8.91. The van der Waals surface area contributed by atoms with Crippen LogP contribution in [0.4, 0.5) is 0 Å². The van der Waals surface area contributed by atoms with Crippen molar-refractivity contribution in [1.29, 1.82) is 0 Å². The number of fused-ring (bicyclic) bond motifs is 6. The number of H-pyrrole nitrogens is 2. The van der Waals surface area contributed by atoms with Crippen LogP contribution in [0.25, 0.3) is 33.6 Å². The second kappa shape index (κ2) is 6.62. The number of hydrogen-bond acceptors (Lipinski definition) is 3. The third-order valence-corrected chi connectivity index (χ3v) is 8.12. The Hall–Kier alpha value is -1.77. The molecule has 2 N–H and O–H groups in total. The summed E-state index contributed by atoms with van der Waals surface area (Å²) in [6, 6.07) is 11.1. The number of aromatic amines is 2. The third kappa shape index (κ3) is 2.87. The molecule has 0 unspecified atom stereocenters. The van der Waals surface area contributed by atoms with E-state index in [9.17, 15) is 0 Å². The van der Waals surface area contributed by atoms with Gasteiger partial charge in [-0.25, -0.2) is 0 Å². The standard InChI is InChI=1S/C23H20N4OXe/c1-11(2)22-26-21-17-6-14-10-28-19-7-13(18-9-24-12(3)25-18)4-5-15(19)16(14)8-20(17)29-23(21)27-22/h4-9,11H,10H2,1-3H3,(H,24,25)(H,26,27). The summed E-state index contributed by atoms with van der Waals surface area (Å²) in [5.41, 5.74) is 8.26. The van der Waals surface area contributed by atoms with Crippen molar-refractivity contribution in [2.45, 2.75) is 33.3 Å². The molecule has 146 valence electrons. The van der Waals surface area contributed by atoms with Crippen molar-refractivity contribution in [3.8, 4) is 39.4 Å². The van der Waals surface area contributed by atoms with Crippen LogP contribution in [-0.4, -0.2) is 19.9 Å². The Morgan fingerprint density at radius 3 is 2.76 bits per heavy atom. The Morgan fingerprint density at radius 2 is 1.97 bits per heavy atom. The molecule has 2 aromatic heterocycles. The molecule has 0 saturated heterocycles. The van der Waals surface area contributed by atoms with Crippen molar-refractivity contribution in [3.05, 3.63) is 53.7 Å². The van der Waals surface area contributed by atoms with Crippen LogP contribution in [0.1, 0.15) is 37.0 Å². The van der Waals surface area contributed by atoms with Gasteiger partial charge in [0.25, 0.3) is 0 Å². The fraction of sp³-hybridized carbons (Fsp3) is 0.217. The van der Waals surface area contributed by atoms with Crippen LogP contribution < -0.4 is 4.93 Å². The van der Waals surface area contributed by atoms with Crippen molar-refractivity contribution in [2.24, 2.45) is 0 Å². The van der Waals surface area contributed by atoms with Gasteiger partial charge in [-0.1, -0.05) is 0 Å². The second-order valence-electron chi connectivity index (χ2n) is 7.87. The number of benzene rings is 2. The molecule has 0 spiro atoms. The molecule has 0 radical (unpaired) electrons. The summed E-state index contributed by atoms with van der Waals surface area (Å²) in [5.74, 6) is 3.37. The fourth-order valence-electron chi connectivity index (χ4n) is 3.96. The molecule has 4 heterocycles. The Bertz CT molecular complexity index is 1280. The van der Waals surface area contributed by atoms with Crippen LogP contribution in [0.15, 0.2) is 36.5 Å². The van der Waals surface area contributed by atoms with Crippen LogP contribution in [-0.2, 0) is 6.61 Å². The van der Waals surface area contributed by atoms with Gasteiger partial charge in [0.1, 0.15) is 0 Å². The monoisotopic (exact) mass is 500 g/mol. The molecule has 2 aliphatic heterocycles. The van der Waals surface area contributed by atoms with E-state index in [1.807, 2.05) is 13.1 Å². The van der Waals surface area contributed by atoms with E-state index >= 15 is 0 Å². The van der Waals surface area contributed by atoms with E-state index in [1.54, 1.807) is 0 Å². The molecule has 0 aliphatic carbocycles. The van der Waals surface area contributed by atoms with E-state index in [2.05, 4.69) is 59.1 Å². The van der Waals surface area contributed by atoms with Crippen molar-refractivity contribution < 1.29 is 48.9 Å². The molecule has 5 nitrogen and oxygen atoms in total. The van der Waals surface area contributed by atoms with E-state index in [0.717, 1.165) is 34.3 Å². The van der Waals surface area contributed by atoms with Gasteiger partial charge in [-0.15, -0.1) is 0 Å². The molecule has 0 atom stereocenters. The van der Waals surface area contributed by atoms with Gasteiger partial charge in [0.15, 0.2) is 0 Å². The number of nitrogens with one attached hydrogen (secondary N) is 2. The molecular formula is C23H20N4OXe. The van der Waals surface area contributed by atoms with Gasteiger partial charge in [-0.05, 0) is 0 Å². The minimum absolute atomic E-state index is 0.0149. The number of nitrogens with zero attached hydrogens (tertiary/aromatic N) is 2. The normalized spacial score (nSPS) is 13.9. The summed E-state index contributed by atoms with van der Waals surface area (Å²) >= 11 is -0.0149. The predicted octanol–water partition coefficient (Wildman–Crippen LogP) is 3.81. The van der Waals surface area contributed by atoms with Gasteiger partial charge in [-0.3, -0.25) is 0 Å². The van der Waals surface area contributed by atoms with Gasteiger partial charge in [0, 0.05) is 0 Å². The van der Waals surface area contributed by atoms with E-state index in [-0.39, 0.29) is 44.2 Å². The van der Waals surface area contributed by atoms with Gasteiger partial charge < -0.3 is 0 Å². The SMILES string of the molecule is Cc1ncc(-c2ccc3c(c2)OCc2cc4c(cc2-3)[Xe]c2[nH]c(C(C)C)nc2-4)[nH]1. The molecule has 6 rings (SSSR count). The Kier molecular flexibility index (Phi) is 4.12. The van der Waals surface area contributed by atoms with Crippen molar-refractivity contribution in [3.63, 3.8) is 0 Å². The van der Waals surface area contributed by atoms with Crippen LogP contribution in [0.3, 0.4) is 0 Å². The topological polar surface area (TPSA) is 66.6 Å². The van der Waals surface area contributed by atoms with Crippen LogP contribution >= 0.6 is 0 Å². The molecule has 2 aromatic carbocycles. The fourth-order valence-corrected chi connectivity index (χ4v) is 6.61.